The number of carbonyl (C=O) groups is 1. The second-order valence-electron chi connectivity index (χ2n) is 5.12. The van der Waals surface area contributed by atoms with Crippen LogP contribution in [-0.2, 0) is 11.3 Å². The molecule has 20 heavy (non-hydrogen) atoms. The molecule has 0 bridgehead atoms. The Hall–Kier alpha value is -1.93. The van der Waals surface area contributed by atoms with Gasteiger partial charge in [0.15, 0.2) is 0 Å². The largest absolute Gasteiger partial charge is 0.352 e. The highest BCUT2D eigenvalue weighted by atomic mass is 16.1. The minimum Gasteiger partial charge on any atom is -0.352 e. The summed E-state index contributed by atoms with van der Waals surface area (Å²) in [6.07, 6.45) is 5.95. The number of aromatic nitrogens is 1. The number of rotatable bonds is 5. The molecule has 5 heteroatoms. The first-order valence-corrected chi connectivity index (χ1v) is 7.05. The van der Waals surface area contributed by atoms with E-state index in [2.05, 4.69) is 21.3 Å². The summed E-state index contributed by atoms with van der Waals surface area (Å²) in [5.74, 6) is 0.160. The van der Waals surface area contributed by atoms with Crippen molar-refractivity contribution in [1.29, 1.82) is 5.26 Å². The summed E-state index contributed by atoms with van der Waals surface area (Å²) >= 11 is 0. The molecule has 106 valence electrons. The first-order chi connectivity index (χ1) is 9.79. The fourth-order valence-electron chi connectivity index (χ4n) is 2.51. The summed E-state index contributed by atoms with van der Waals surface area (Å²) in [7, 11) is 0. The van der Waals surface area contributed by atoms with Gasteiger partial charge in [-0.15, -0.1) is 0 Å². The standard InChI is InChI=1S/C15H20N4O/c16-6-2-10-19-9-1-3-14(12-19)15(20)18-11-13-4-7-17-8-5-13/h4-5,7-8,14H,1-3,9-12H2,(H,18,20). The second-order valence-corrected chi connectivity index (χ2v) is 5.12. The van der Waals surface area contributed by atoms with Gasteiger partial charge in [0.2, 0.25) is 5.91 Å². The number of likely N-dealkylation sites (tertiary alicyclic amines) is 1. The predicted molar refractivity (Wildman–Crippen MR) is 75.5 cm³/mol. The number of piperidine rings is 1. The molecule has 1 aromatic heterocycles. The fourth-order valence-corrected chi connectivity index (χ4v) is 2.51. The molecular formula is C15H20N4O. The van der Waals surface area contributed by atoms with E-state index in [9.17, 15) is 4.79 Å². The van der Waals surface area contributed by atoms with E-state index in [1.54, 1.807) is 12.4 Å². The third-order valence-electron chi connectivity index (χ3n) is 3.63. The lowest BCUT2D eigenvalue weighted by Gasteiger charge is -2.31. The van der Waals surface area contributed by atoms with Gasteiger partial charge in [-0.1, -0.05) is 0 Å². The Balaban J connectivity index is 1.78. The van der Waals surface area contributed by atoms with Gasteiger partial charge in [0.25, 0.3) is 0 Å². The van der Waals surface area contributed by atoms with Gasteiger partial charge in [-0.05, 0) is 37.1 Å². The molecule has 1 aliphatic rings. The quantitative estimate of drug-likeness (QED) is 0.878. The minimum absolute atomic E-state index is 0.0456. The van der Waals surface area contributed by atoms with Crippen LogP contribution >= 0.6 is 0 Å². The normalized spacial score (nSPS) is 19.2. The van der Waals surface area contributed by atoms with E-state index in [4.69, 9.17) is 5.26 Å². The molecule has 1 aliphatic heterocycles. The molecule has 1 unspecified atom stereocenters. The van der Waals surface area contributed by atoms with Crippen molar-refractivity contribution in [3.05, 3.63) is 30.1 Å². The summed E-state index contributed by atoms with van der Waals surface area (Å²) in [5.41, 5.74) is 1.06. The minimum atomic E-state index is 0.0456. The number of carbonyl (C=O) groups excluding carboxylic acids is 1. The van der Waals surface area contributed by atoms with E-state index >= 15 is 0 Å². The maximum absolute atomic E-state index is 12.2. The van der Waals surface area contributed by atoms with Gasteiger partial charge in [-0.2, -0.15) is 5.26 Å². The third-order valence-corrected chi connectivity index (χ3v) is 3.63. The lowest BCUT2D eigenvalue weighted by atomic mass is 9.97. The number of amides is 1. The fraction of sp³-hybridized carbons (Fsp3) is 0.533. The molecule has 1 aromatic rings. The summed E-state index contributed by atoms with van der Waals surface area (Å²) in [4.78, 5) is 18.3. The lowest BCUT2D eigenvalue weighted by molar-refractivity contribution is -0.126. The van der Waals surface area contributed by atoms with Gasteiger partial charge < -0.3 is 10.2 Å². The SMILES string of the molecule is N#CCCN1CCCC(C(=O)NCc2ccncc2)C1. The molecule has 5 nitrogen and oxygen atoms in total. The van der Waals surface area contributed by atoms with E-state index in [0.29, 0.717) is 13.0 Å². The zero-order chi connectivity index (χ0) is 14.2. The highest BCUT2D eigenvalue weighted by Gasteiger charge is 2.25. The number of nitriles is 1. The van der Waals surface area contributed by atoms with Crippen LogP contribution in [0.1, 0.15) is 24.8 Å². The topological polar surface area (TPSA) is 69.0 Å². The molecule has 0 aromatic carbocycles. The average Bonchev–Trinajstić information content (AvgIpc) is 2.52. The first-order valence-electron chi connectivity index (χ1n) is 7.05. The zero-order valence-corrected chi connectivity index (χ0v) is 11.6. The molecule has 0 saturated carbocycles. The van der Waals surface area contributed by atoms with Crippen LogP contribution in [0.2, 0.25) is 0 Å². The Kier molecular flexibility index (Phi) is 5.51. The Morgan fingerprint density at radius 2 is 2.30 bits per heavy atom. The molecule has 1 atom stereocenters. The number of nitrogens with zero attached hydrogens (tertiary/aromatic N) is 3. The van der Waals surface area contributed by atoms with Crippen LogP contribution in [0.15, 0.2) is 24.5 Å². The Bertz CT molecular complexity index is 469. The monoisotopic (exact) mass is 272 g/mol. The number of pyridine rings is 1. The van der Waals surface area contributed by atoms with Gasteiger partial charge in [0.05, 0.1) is 12.0 Å². The highest BCUT2D eigenvalue weighted by molar-refractivity contribution is 5.78. The maximum Gasteiger partial charge on any atom is 0.224 e. The van der Waals surface area contributed by atoms with E-state index in [0.717, 1.165) is 38.0 Å². The van der Waals surface area contributed by atoms with Gasteiger partial charge in [-0.3, -0.25) is 9.78 Å². The van der Waals surface area contributed by atoms with Crippen LogP contribution < -0.4 is 5.32 Å². The zero-order valence-electron chi connectivity index (χ0n) is 11.6. The molecular weight excluding hydrogens is 252 g/mol. The van der Waals surface area contributed by atoms with Crippen LogP contribution in [0.25, 0.3) is 0 Å². The van der Waals surface area contributed by atoms with Crippen LogP contribution in [0.4, 0.5) is 0 Å². The molecule has 2 rings (SSSR count). The molecule has 1 fully saturated rings. The molecule has 1 saturated heterocycles. The van der Waals surface area contributed by atoms with Crippen LogP contribution in [0, 0.1) is 17.2 Å². The Labute approximate surface area is 119 Å². The van der Waals surface area contributed by atoms with Crippen molar-refractivity contribution in [2.75, 3.05) is 19.6 Å². The summed E-state index contributed by atoms with van der Waals surface area (Å²) in [6.45, 7) is 3.08. The van der Waals surface area contributed by atoms with Crippen molar-refractivity contribution < 1.29 is 4.79 Å². The maximum atomic E-state index is 12.2. The number of hydrogen-bond acceptors (Lipinski definition) is 4. The molecule has 0 radical (unpaired) electrons. The van der Waals surface area contributed by atoms with Crippen molar-refractivity contribution in [3.63, 3.8) is 0 Å². The predicted octanol–water partition coefficient (Wildman–Crippen LogP) is 1.32. The molecule has 0 aliphatic carbocycles. The van der Waals surface area contributed by atoms with E-state index in [1.807, 2.05) is 12.1 Å². The van der Waals surface area contributed by atoms with Crippen LogP contribution in [0.3, 0.4) is 0 Å². The van der Waals surface area contributed by atoms with E-state index in [-0.39, 0.29) is 11.8 Å². The van der Waals surface area contributed by atoms with Crippen LogP contribution in [-0.4, -0.2) is 35.4 Å². The number of hydrogen-bond donors (Lipinski definition) is 1. The van der Waals surface area contributed by atoms with Crippen molar-refractivity contribution in [1.82, 2.24) is 15.2 Å². The van der Waals surface area contributed by atoms with Gasteiger partial charge in [0.1, 0.15) is 0 Å². The Morgan fingerprint density at radius 3 is 3.05 bits per heavy atom. The van der Waals surface area contributed by atoms with E-state index < -0.39 is 0 Å². The van der Waals surface area contributed by atoms with Gasteiger partial charge >= 0.3 is 0 Å². The lowest BCUT2D eigenvalue weighted by Crippen LogP contribution is -2.43. The summed E-state index contributed by atoms with van der Waals surface area (Å²) in [6, 6.07) is 5.96. The van der Waals surface area contributed by atoms with Crippen molar-refractivity contribution in [3.8, 4) is 6.07 Å². The number of nitrogens with one attached hydrogen (secondary N) is 1. The highest BCUT2D eigenvalue weighted by Crippen LogP contribution is 2.16. The van der Waals surface area contributed by atoms with E-state index in [1.165, 1.54) is 0 Å². The van der Waals surface area contributed by atoms with Gasteiger partial charge in [-0.25, -0.2) is 0 Å². The van der Waals surface area contributed by atoms with Crippen molar-refractivity contribution in [2.45, 2.75) is 25.8 Å². The molecule has 0 spiro atoms. The second kappa shape index (κ2) is 7.61. The summed E-state index contributed by atoms with van der Waals surface area (Å²) in [5, 5.41) is 11.6. The third kappa shape index (κ3) is 4.32. The molecule has 1 amide bonds. The first kappa shape index (κ1) is 14.5. The van der Waals surface area contributed by atoms with Crippen LogP contribution in [0.5, 0.6) is 0 Å². The average molecular weight is 272 g/mol. The van der Waals surface area contributed by atoms with Gasteiger partial charge in [0, 0.05) is 38.4 Å². The van der Waals surface area contributed by atoms with Crippen molar-refractivity contribution >= 4 is 5.91 Å². The molecule has 2 heterocycles. The Morgan fingerprint density at radius 1 is 1.50 bits per heavy atom. The smallest absolute Gasteiger partial charge is 0.224 e. The molecule has 1 N–H and O–H groups in total. The van der Waals surface area contributed by atoms with Crippen molar-refractivity contribution in [2.24, 2.45) is 5.92 Å². The summed E-state index contributed by atoms with van der Waals surface area (Å²) < 4.78 is 0.